The van der Waals surface area contributed by atoms with Crippen LogP contribution < -0.4 is 16.6 Å². The molecule has 0 aliphatic rings. The number of fused-ring (bicyclic) bond motifs is 1. The molecule has 0 unspecified atom stereocenters. The van der Waals surface area contributed by atoms with Crippen LogP contribution in [0.5, 0.6) is 0 Å². The van der Waals surface area contributed by atoms with Gasteiger partial charge in [0, 0.05) is 10.2 Å². The van der Waals surface area contributed by atoms with Crippen molar-refractivity contribution in [1.29, 1.82) is 0 Å². The maximum Gasteiger partial charge on any atom is 0.160 e. The zero-order valence-corrected chi connectivity index (χ0v) is 12.1. The van der Waals surface area contributed by atoms with Gasteiger partial charge in [0.2, 0.25) is 0 Å². The molecule has 0 saturated carbocycles. The second-order valence-electron chi connectivity index (χ2n) is 4.27. The van der Waals surface area contributed by atoms with E-state index >= 15 is 0 Å². The van der Waals surface area contributed by atoms with E-state index < -0.39 is 0 Å². The summed E-state index contributed by atoms with van der Waals surface area (Å²) in [6.45, 7) is 0. The van der Waals surface area contributed by atoms with Crippen LogP contribution >= 0.6 is 15.9 Å². The lowest BCUT2D eigenvalue weighted by molar-refractivity contribution is 1.16. The highest BCUT2D eigenvalue weighted by atomic mass is 79.9. The largest absolute Gasteiger partial charge is 0.339 e. The quantitative estimate of drug-likeness (QED) is 0.507. The summed E-state index contributed by atoms with van der Waals surface area (Å²) < 4.78 is 1.07. The summed E-state index contributed by atoms with van der Waals surface area (Å²) in [5, 5.41) is 5.53. The number of halogens is 1. The van der Waals surface area contributed by atoms with Gasteiger partial charge in [0.15, 0.2) is 11.6 Å². The van der Waals surface area contributed by atoms with Crippen LogP contribution in [0.3, 0.4) is 0 Å². The Bertz CT molecular complexity index is 759. The van der Waals surface area contributed by atoms with Crippen LogP contribution in [0.1, 0.15) is 0 Å². The molecule has 0 amide bonds. The Hall–Kier alpha value is -2.18. The standard InChI is InChI=1S/C14H12BrN5/c15-11-3-1-10-6-12(4-2-9(10)5-11)18-13-7-17-8-14(19-13)20-16/h1-8H,16H2,(H2,18,19,20). The first-order valence-corrected chi connectivity index (χ1v) is 6.79. The number of nitrogen functional groups attached to an aromatic ring is 1. The Kier molecular flexibility index (Phi) is 3.49. The van der Waals surface area contributed by atoms with Gasteiger partial charge in [-0.25, -0.2) is 10.8 Å². The van der Waals surface area contributed by atoms with E-state index in [-0.39, 0.29) is 0 Å². The summed E-state index contributed by atoms with van der Waals surface area (Å²) in [4.78, 5) is 8.32. The van der Waals surface area contributed by atoms with Crippen LogP contribution in [0.4, 0.5) is 17.3 Å². The number of hydrogen-bond donors (Lipinski definition) is 3. The number of benzene rings is 2. The van der Waals surface area contributed by atoms with Crippen molar-refractivity contribution in [2.24, 2.45) is 5.84 Å². The zero-order valence-electron chi connectivity index (χ0n) is 10.5. The molecule has 0 aliphatic heterocycles. The van der Waals surface area contributed by atoms with Crippen molar-refractivity contribution in [3.63, 3.8) is 0 Å². The first kappa shape index (κ1) is 12.8. The molecule has 20 heavy (non-hydrogen) atoms. The van der Waals surface area contributed by atoms with Crippen molar-refractivity contribution in [2.75, 3.05) is 10.7 Å². The number of hydrogen-bond acceptors (Lipinski definition) is 5. The van der Waals surface area contributed by atoms with Crippen molar-refractivity contribution in [1.82, 2.24) is 9.97 Å². The van der Waals surface area contributed by atoms with Crippen molar-refractivity contribution in [3.05, 3.63) is 53.3 Å². The van der Waals surface area contributed by atoms with Gasteiger partial charge in [-0.15, -0.1) is 0 Å². The Balaban J connectivity index is 1.92. The van der Waals surface area contributed by atoms with E-state index in [1.165, 1.54) is 5.39 Å². The summed E-state index contributed by atoms with van der Waals surface area (Å²) in [7, 11) is 0. The molecule has 1 aromatic heterocycles. The number of anilines is 3. The van der Waals surface area contributed by atoms with Crippen LogP contribution in [-0.2, 0) is 0 Å². The second kappa shape index (κ2) is 5.44. The SMILES string of the molecule is NNc1cncc(Nc2ccc3cc(Br)ccc3c2)n1. The maximum absolute atomic E-state index is 5.32. The van der Waals surface area contributed by atoms with Crippen LogP contribution in [-0.4, -0.2) is 9.97 Å². The molecular weight excluding hydrogens is 318 g/mol. The van der Waals surface area contributed by atoms with Gasteiger partial charge < -0.3 is 10.7 Å². The summed E-state index contributed by atoms with van der Waals surface area (Å²) in [5.74, 6) is 6.47. The molecule has 0 radical (unpaired) electrons. The Morgan fingerprint density at radius 1 is 0.950 bits per heavy atom. The molecule has 4 N–H and O–H groups in total. The van der Waals surface area contributed by atoms with Crippen molar-refractivity contribution >= 4 is 44.0 Å². The van der Waals surface area contributed by atoms with Crippen molar-refractivity contribution in [2.45, 2.75) is 0 Å². The second-order valence-corrected chi connectivity index (χ2v) is 5.18. The summed E-state index contributed by atoms with van der Waals surface area (Å²) >= 11 is 3.47. The monoisotopic (exact) mass is 329 g/mol. The fourth-order valence-corrected chi connectivity index (χ4v) is 2.32. The molecule has 0 fully saturated rings. The molecule has 6 heteroatoms. The molecule has 3 aromatic rings. The third-order valence-corrected chi connectivity index (χ3v) is 3.35. The van der Waals surface area contributed by atoms with E-state index in [4.69, 9.17) is 5.84 Å². The maximum atomic E-state index is 5.32. The average molecular weight is 330 g/mol. The number of nitrogens with two attached hydrogens (primary N) is 1. The minimum atomic E-state index is 0.514. The van der Waals surface area contributed by atoms with Gasteiger partial charge in [-0.05, 0) is 35.0 Å². The molecular formula is C14H12BrN5. The fraction of sp³-hybridized carbons (Fsp3) is 0. The number of nitrogens with zero attached hydrogens (tertiary/aromatic N) is 2. The van der Waals surface area contributed by atoms with E-state index in [0.717, 1.165) is 15.5 Å². The first-order valence-electron chi connectivity index (χ1n) is 5.99. The molecule has 2 aromatic carbocycles. The lowest BCUT2D eigenvalue weighted by atomic mass is 10.1. The number of rotatable bonds is 3. The third kappa shape index (κ3) is 2.71. The highest BCUT2D eigenvalue weighted by Crippen LogP contribution is 2.24. The highest BCUT2D eigenvalue weighted by molar-refractivity contribution is 9.10. The predicted octanol–water partition coefficient (Wildman–Crippen LogP) is 3.42. The molecule has 0 bridgehead atoms. The minimum Gasteiger partial charge on any atom is -0.339 e. The molecule has 0 atom stereocenters. The average Bonchev–Trinajstić information content (AvgIpc) is 2.47. The Labute approximate surface area is 124 Å². The van der Waals surface area contributed by atoms with Gasteiger partial charge >= 0.3 is 0 Å². The summed E-state index contributed by atoms with van der Waals surface area (Å²) in [6.07, 6.45) is 3.20. The molecule has 0 spiro atoms. The van der Waals surface area contributed by atoms with E-state index in [1.54, 1.807) is 12.4 Å². The predicted molar refractivity (Wildman–Crippen MR) is 84.8 cm³/mol. The molecule has 3 rings (SSSR count). The third-order valence-electron chi connectivity index (χ3n) is 2.86. The van der Waals surface area contributed by atoms with Crippen LogP contribution in [0.2, 0.25) is 0 Å². The smallest absolute Gasteiger partial charge is 0.160 e. The highest BCUT2D eigenvalue weighted by Gasteiger charge is 2.01. The van der Waals surface area contributed by atoms with Crippen LogP contribution in [0, 0.1) is 0 Å². The summed E-state index contributed by atoms with van der Waals surface area (Å²) in [6, 6.07) is 12.3. The van der Waals surface area contributed by atoms with E-state index in [9.17, 15) is 0 Å². The minimum absolute atomic E-state index is 0.514. The van der Waals surface area contributed by atoms with E-state index in [2.05, 4.69) is 60.9 Å². The first-order chi connectivity index (χ1) is 9.74. The lowest BCUT2D eigenvalue weighted by Crippen LogP contribution is -2.09. The van der Waals surface area contributed by atoms with Crippen molar-refractivity contribution in [3.8, 4) is 0 Å². The van der Waals surface area contributed by atoms with Crippen molar-refractivity contribution < 1.29 is 0 Å². The molecule has 100 valence electrons. The van der Waals surface area contributed by atoms with Gasteiger partial charge in [0.05, 0.1) is 12.4 Å². The molecule has 0 aliphatic carbocycles. The normalized spacial score (nSPS) is 10.5. The number of hydrazine groups is 1. The Morgan fingerprint density at radius 3 is 2.55 bits per heavy atom. The van der Waals surface area contributed by atoms with E-state index in [0.29, 0.717) is 11.6 Å². The molecule has 1 heterocycles. The Morgan fingerprint density at radius 2 is 1.70 bits per heavy atom. The topological polar surface area (TPSA) is 75.9 Å². The van der Waals surface area contributed by atoms with Gasteiger partial charge in [0.25, 0.3) is 0 Å². The zero-order chi connectivity index (χ0) is 13.9. The van der Waals surface area contributed by atoms with Gasteiger partial charge in [-0.1, -0.05) is 28.1 Å². The number of nitrogens with one attached hydrogen (secondary N) is 2. The molecule has 5 nitrogen and oxygen atoms in total. The van der Waals surface area contributed by atoms with Gasteiger partial charge in [0.1, 0.15) is 0 Å². The lowest BCUT2D eigenvalue weighted by Gasteiger charge is -2.08. The van der Waals surface area contributed by atoms with Crippen LogP contribution in [0.15, 0.2) is 53.3 Å². The summed E-state index contributed by atoms with van der Waals surface area (Å²) in [5.41, 5.74) is 3.42. The van der Waals surface area contributed by atoms with Gasteiger partial charge in [-0.2, -0.15) is 0 Å². The molecule has 0 saturated heterocycles. The fourth-order valence-electron chi connectivity index (χ4n) is 1.94. The van der Waals surface area contributed by atoms with Gasteiger partial charge in [-0.3, -0.25) is 4.98 Å². The number of aromatic nitrogens is 2. The van der Waals surface area contributed by atoms with Crippen LogP contribution in [0.25, 0.3) is 10.8 Å². The van der Waals surface area contributed by atoms with E-state index in [1.807, 2.05) is 12.1 Å².